The van der Waals surface area contributed by atoms with Gasteiger partial charge in [0.2, 0.25) is 17.7 Å². The highest BCUT2D eigenvalue weighted by Crippen LogP contribution is 2.33. The topological polar surface area (TPSA) is 77.7 Å². The molecule has 2 heterocycles. The Balaban J connectivity index is 1.66. The number of aryl methyl sites for hydroxylation is 2. The predicted octanol–water partition coefficient (Wildman–Crippen LogP) is 1.91. The molecule has 3 rings (SSSR count). The number of hydrogen-bond acceptors (Lipinski definition) is 6. The van der Waals surface area contributed by atoms with Crippen LogP contribution >= 0.6 is 0 Å². The van der Waals surface area contributed by atoms with E-state index in [9.17, 15) is 4.79 Å². The molecule has 2 aromatic rings. The minimum Gasteiger partial charge on any atom is -0.493 e. The van der Waals surface area contributed by atoms with Crippen molar-refractivity contribution in [3.8, 4) is 11.5 Å². The Morgan fingerprint density at radius 1 is 1.21 bits per heavy atom. The number of carbonyl (C=O) groups excluding carboxylic acids is 1. The van der Waals surface area contributed by atoms with Crippen LogP contribution in [-0.2, 0) is 24.2 Å². The first kappa shape index (κ1) is 16.3. The molecule has 1 aliphatic heterocycles. The lowest BCUT2D eigenvalue weighted by Crippen LogP contribution is -2.36. The Morgan fingerprint density at radius 3 is 2.54 bits per heavy atom. The molecule has 0 saturated carbocycles. The maximum absolute atomic E-state index is 12.4. The molecule has 1 aliphatic rings. The van der Waals surface area contributed by atoms with Gasteiger partial charge in [-0.25, -0.2) is 0 Å². The van der Waals surface area contributed by atoms with Gasteiger partial charge in [0, 0.05) is 32.9 Å². The van der Waals surface area contributed by atoms with Crippen molar-refractivity contribution in [2.45, 2.75) is 32.7 Å². The minimum absolute atomic E-state index is 0.0892. The SMILES string of the molecule is COc1cc2c(cc1OC)CN(C(=O)CCc1nnc(C)o1)CC2. The summed E-state index contributed by atoms with van der Waals surface area (Å²) < 4.78 is 16.0. The second kappa shape index (κ2) is 6.90. The quantitative estimate of drug-likeness (QED) is 0.833. The maximum atomic E-state index is 12.4. The third kappa shape index (κ3) is 3.34. The molecular formula is C17H21N3O4. The molecule has 0 fully saturated rings. The molecule has 0 aliphatic carbocycles. The molecule has 0 spiro atoms. The normalized spacial score (nSPS) is 13.5. The summed E-state index contributed by atoms with van der Waals surface area (Å²) in [6.07, 6.45) is 1.64. The van der Waals surface area contributed by atoms with Crippen LogP contribution in [-0.4, -0.2) is 41.8 Å². The summed E-state index contributed by atoms with van der Waals surface area (Å²) >= 11 is 0. The number of fused-ring (bicyclic) bond motifs is 1. The molecule has 24 heavy (non-hydrogen) atoms. The molecule has 1 amide bonds. The van der Waals surface area contributed by atoms with Crippen LogP contribution in [0.3, 0.4) is 0 Å². The average molecular weight is 331 g/mol. The second-order valence-electron chi connectivity index (χ2n) is 5.76. The lowest BCUT2D eigenvalue weighted by molar-refractivity contribution is -0.132. The highest BCUT2D eigenvalue weighted by Gasteiger charge is 2.23. The summed E-state index contributed by atoms with van der Waals surface area (Å²) in [7, 11) is 3.24. The highest BCUT2D eigenvalue weighted by atomic mass is 16.5. The van der Waals surface area contributed by atoms with E-state index in [0.29, 0.717) is 43.5 Å². The standard InChI is InChI=1S/C17H21N3O4/c1-11-18-19-16(24-11)4-5-17(21)20-7-6-12-8-14(22-2)15(23-3)9-13(12)10-20/h8-9H,4-7,10H2,1-3H3. The van der Waals surface area contributed by atoms with Crippen LogP contribution in [0, 0.1) is 6.92 Å². The first-order valence-corrected chi connectivity index (χ1v) is 7.91. The number of carbonyl (C=O) groups is 1. The smallest absolute Gasteiger partial charge is 0.223 e. The Labute approximate surface area is 140 Å². The summed E-state index contributed by atoms with van der Waals surface area (Å²) in [5, 5.41) is 7.70. The van der Waals surface area contributed by atoms with Gasteiger partial charge in [0.05, 0.1) is 14.2 Å². The van der Waals surface area contributed by atoms with E-state index in [2.05, 4.69) is 10.2 Å². The number of benzene rings is 1. The zero-order chi connectivity index (χ0) is 17.1. The van der Waals surface area contributed by atoms with Crippen molar-refractivity contribution in [1.82, 2.24) is 15.1 Å². The monoisotopic (exact) mass is 331 g/mol. The Hall–Kier alpha value is -2.57. The molecule has 7 nitrogen and oxygen atoms in total. The second-order valence-corrected chi connectivity index (χ2v) is 5.76. The lowest BCUT2D eigenvalue weighted by atomic mass is 9.98. The largest absolute Gasteiger partial charge is 0.493 e. The van der Waals surface area contributed by atoms with Gasteiger partial charge < -0.3 is 18.8 Å². The molecule has 7 heteroatoms. The number of nitrogens with zero attached hydrogens (tertiary/aromatic N) is 3. The van der Waals surface area contributed by atoms with Gasteiger partial charge in [0.1, 0.15) is 0 Å². The van der Waals surface area contributed by atoms with Gasteiger partial charge >= 0.3 is 0 Å². The van der Waals surface area contributed by atoms with Crippen LogP contribution in [0.4, 0.5) is 0 Å². The first-order chi connectivity index (χ1) is 11.6. The van der Waals surface area contributed by atoms with Gasteiger partial charge in [0.25, 0.3) is 0 Å². The van der Waals surface area contributed by atoms with Crippen LogP contribution in [0.25, 0.3) is 0 Å². The van der Waals surface area contributed by atoms with Crippen molar-refractivity contribution in [1.29, 1.82) is 0 Å². The molecule has 0 unspecified atom stereocenters. The van der Waals surface area contributed by atoms with E-state index in [1.807, 2.05) is 17.0 Å². The van der Waals surface area contributed by atoms with Gasteiger partial charge in [0.15, 0.2) is 11.5 Å². The van der Waals surface area contributed by atoms with E-state index in [1.54, 1.807) is 21.1 Å². The number of rotatable bonds is 5. The molecule has 0 radical (unpaired) electrons. The third-order valence-corrected chi connectivity index (χ3v) is 4.19. The molecule has 0 bridgehead atoms. The van der Waals surface area contributed by atoms with Gasteiger partial charge in [-0.2, -0.15) is 0 Å². The fraction of sp³-hybridized carbons (Fsp3) is 0.471. The van der Waals surface area contributed by atoms with Crippen LogP contribution in [0.15, 0.2) is 16.5 Å². The maximum Gasteiger partial charge on any atom is 0.223 e. The fourth-order valence-corrected chi connectivity index (χ4v) is 2.91. The average Bonchev–Trinajstić information content (AvgIpc) is 3.03. The van der Waals surface area contributed by atoms with Crippen LogP contribution < -0.4 is 9.47 Å². The number of ether oxygens (including phenoxy) is 2. The zero-order valence-electron chi connectivity index (χ0n) is 14.2. The zero-order valence-corrected chi connectivity index (χ0v) is 14.2. The summed E-state index contributed by atoms with van der Waals surface area (Å²) in [6, 6.07) is 3.95. The van der Waals surface area contributed by atoms with Crippen molar-refractivity contribution >= 4 is 5.91 Å². The molecule has 128 valence electrons. The van der Waals surface area contributed by atoms with E-state index in [-0.39, 0.29) is 5.91 Å². The highest BCUT2D eigenvalue weighted by molar-refractivity contribution is 5.76. The predicted molar refractivity (Wildman–Crippen MR) is 86.0 cm³/mol. The lowest BCUT2D eigenvalue weighted by Gasteiger charge is -2.29. The van der Waals surface area contributed by atoms with E-state index < -0.39 is 0 Å². The van der Waals surface area contributed by atoms with Crippen LogP contribution in [0.5, 0.6) is 11.5 Å². The van der Waals surface area contributed by atoms with E-state index in [0.717, 1.165) is 17.7 Å². The molecule has 0 N–H and O–H groups in total. The van der Waals surface area contributed by atoms with Crippen molar-refractivity contribution in [3.05, 3.63) is 35.0 Å². The Kier molecular flexibility index (Phi) is 4.69. The van der Waals surface area contributed by atoms with E-state index in [4.69, 9.17) is 13.9 Å². The number of hydrogen-bond donors (Lipinski definition) is 0. The molecule has 1 aromatic carbocycles. The molecule has 1 aromatic heterocycles. The van der Waals surface area contributed by atoms with Crippen LogP contribution in [0.1, 0.15) is 29.3 Å². The van der Waals surface area contributed by atoms with Gasteiger partial charge in [-0.15, -0.1) is 10.2 Å². The summed E-state index contributed by atoms with van der Waals surface area (Å²) in [4.78, 5) is 14.3. The number of methoxy groups -OCH3 is 2. The number of amides is 1. The number of aromatic nitrogens is 2. The summed E-state index contributed by atoms with van der Waals surface area (Å²) in [5.74, 6) is 2.52. The van der Waals surface area contributed by atoms with E-state index >= 15 is 0 Å². The van der Waals surface area contributed by atoms with Crippen molar-refractivity contribution in [3.63, 3.8) is 0 Å². The fourth-order valence-electron chi connectivity index (χ4n) is 2.91. The van der Waals surface area contributed by atoms with Gasteiger partial charge in [-0.1, -0.05) is 0 Å². The minimum atomic E-state index is 0.0892. The van der Waals surface area contributed by atoms with Crippen molar-refractivity contribution in [2.75, 3.05) is 20.8 Å². The molecular weight excluding hydrogens is 310 g/mol. The Bertz CT molecular complexity index is 741. The summed E-state index contributed by atoms with van der Waals surface area (Å²) in [6.45, 7) is 3.02. The molecule has 0 saturated heterocycles. The van der Waals surface area contributed by atoms with Crippen molar-refractivity contribution in [2.24, 2.45) is 0 Å². The summed E-state index contributed by atoms with van der Waals surface area (Å²) in [5.41, 5.74) is 2.30. The van der Waals surface area contributed by atoms with E-state index in [1.165, 1.54) is 5.56 Å². The first-order valence-electron chi connectivity index (χ1n) is 7.91. The third-order valence-electron chi connectivity index (χ3n) is 4.19. The Morgan fingerprint density at radius 2 is 1.92 bits per heavy atom. The van der Waals surface area contributed by atoms with Crippen LogP contribution in [0.2, 0.25) is 0 Å². The molecule has 0 atom stereocenters. The van der Waals surface area contributed by atoms with Gasteiger partial charge in [-0.3, -0.25) is 4.79 Å². The van der Waals surface area contributed by atoms with Crippen molar-refractivity contribution < 1.29 is 18.7 Å². The van der Waals surface area contributed by atoms with Gasteiger partial charge in [-0.05, 0) is 29.7 Å².